The van der Waals surface area contributed by atoms with Crippen molar-refractivity contribution in [2.45, 2.75) is 5.41 Å². The van der Waals surface area contributed by atoms with Crippen LogP contribution in [0.25, 0.3) is 83.9 Å². The van der Waals surface area contributed by atoms with Crippen molar-refractivity contribution in [3.63, 3.8) is 0 Å². The van der Waals surface area contributed by atoms with Gasteiger partial charge in [0.05, 0.1) is 16.4 Å². The Labute approximate surface area is 364 Å². The molecule has 3 heterocycles. The van der Waals surface area contributed by atoms with Crippen molar-refractivity contribution in [1.29, 1.82) is 0 Å². The van der Waals surface area contributed by atoms with Crippen molar-refractivity contribution in [1.82, 2.24) is 19.5 Å². The third-order valence-electron chi connectivity index (χ3n) is 13.0. The van der Waals surface area contributed by atoms with Crippen molar-refractivity contribution >= 4 is 21.8 Å². The largest absolute Gasteiger partial charge is 0.457 e. The van der Waals surface area contributed by atoms with Gasteiger partial charge in [0.15, 0.2) is 11.6 Å². The van der Waals surface area contributed by atoms with Crippen molar-refractivity contribution in [3.05, 3.63) is 241 Å². The molecule has 0 saturated carbocycles. The van der Waals surface area contributed by atoms with Gasteiger partial charge in [-0.25, -0.2) is 4.98 Å². The average molecular weight is 805 g/mol. The van der Waals surface area contributed by atoms with Gasteiger partial charge >= 0.3 is 0 Å². The molecule has 1 spiro atoms. The summed E-state index contributed by atoms with van der Waals surface area (Å²) < 4.78 is 8.98. The zero-order valence-electron chi connectivity index (χ0n) is 34.0. The molecule has 5 nitrogen and oxygen atoms in total. The zero-order valence-corrected chi connectivity index (χ0v) is 34.0. The van der Waals surface area contributed by atoms with Gasteiger partial charge in [-0.2, -0.15) is 9.97 Å². The van der Waals surface area contributed by atoms with Crippen LogP contribution in [-0.4, -0.2) is 19.5 Å². The summed E-state index contributed by atoms with van der Waals surface area (Å²) in [5, 5.41) is 2.25. The Balaban J connectivity index is 1.17. The maximum absolute atomic E-state index is 6.68. The van der Waals surface area contributed by atoms with Gasteiger partial charge in [0.25, 0.3) is 0 Å². The number of para-hydroxylation sites is 3. The molecule has 5 heteroatoms. The number of hydrogen-bond donors (Lipinski definition) is 0. The summed E-state index contributed by atoms with van der Waals surface area (Å²) in [6, 6.07) is 77.0. The highest BCUT2D eigenvalue weighted by molar-refractivity contribution is 6.16. The molecular formula is C58H36N4O. The molecule has 0 atom stereocenters. The van der Waals surface area contributed by atoms with Gasteiger partial charge in [0.1, 0.15) is 11.5 Å². The van der Waals surface area contributed by atoms with Crippen LogP contribution in [0, 0.1) is 0 Å². The maximum atomic E-state index is 6.68. The molecule has 0 radical (unpaired) electrons. The molecule has 2 aromatic heterocycles. The van der Waals surface area contributed by atoms with E-state index >= 15 is 0 Å². The number of hydrogen-bond acceptors (Lipinski definition) is 4. The summed E-state index contributed by atoms with van der Waals surface area (Å²) in [5.74, 6) is 3.47. The Kier molecular flexibility index (Phi) is 7.75. The van der Waals surface area contributed by atoms with Gasteiger partial charge in [0.2, 0.25) is 5.95 Å². The second-order valence-electron chi connectivity index (χ2n) is 16.2. The summed E-state index contributed by atoms with van der Waals surface area (Å²) >= 11 is 0. The molecular weight excluding hydrogens is 769 g/mol. The molecule has 11 aromatic rings. The second-order valence-corrected chi connectivity index (χ2v) is 16.2. The van der Waals surface area contributed by atoms with Crippen molar-refractivity contribution in [2.24, 2.45) is 0 Å². The smallest absolute Gasteiger partial charge is 0.238 e. The van der Waals surface area contributed by atoms with Gasteiger partial charge in [0, 0.05) is 38.6 Å². The van der Waals surface area contributed by atoms with E-state index in [0.29, 0.717) is 17.6 Å². The summed E-state index contributed by atoms with van der Waals surface area (Å²) in [7, 11) is 0. The van der Waals surface area contributed by atoms with Crippen LogP contribution in [0.1, 0.15) is 22.3 Å². The fourth-order valence-electron chi connectivity index (χ4n) is 10.4. The number of benzene rings is 9. The molecule has 1 aliphatic carbocycles. The zero-order chi connectivity index (χ0) is 41.5. The number of ether oxygens (including phenoxy) is 1. The summed E-state index contributed by atoms with van der Waals surface area (Å²) in [6.07, 6.45) is 0. The molecule has 0 fully saturated rings. The van der Waals surface area contributed by atoms with E-state index in [4.69, 9.17) is 19.7 Å². The molecule has 2 aliphatic rings. The SMILES string of the molecule is c1ccc(-c2ccccc2-c2nc(-c3ccccc3-c3ccccc3)nc(-n3c4ccccc4c4ccc5c(c43)-c3ccccc3C53c4ccccc4Oc4ccccc43)n2)cc1. The number of rotatable bonds is 5. The lowest BCUT2D eigenvalue weighted by molar-refractivity contribution is 0.436. The molecule has 1 aliphatic heterocycles. The lowest BCUT2D eigenvalue weighted by Crippen LogP contribution is -2.32. The highest BCUT2D eigenvalue weighted by Crippen LogP contribution is 2.63. The van der Waals surface area contributed by atoms with E-state index < -0.39 is 5.41 Å². The highest BCUT2D eigenvalue weighted by Gasteiger charge is 2.51. The van der Waals surface area contributed by atoms with Crippen molar-refractivity contribution in [3.8, 4) is 73.6 Å². The van der Waals surface area contributed by atoms with Crippen LogP contribution in [0.15, 0.2) is 218 Å². The molecule has 294 valence electrons. The molecule has 0 bridgehead atoms. The van der Waals surface area contributed by atoms with Crippen LogP contribution in [-0.2, 0) is 5.41 Å². The standard InChI is InChI=1S/C58H36N4O/c1-3-19-37(20-4-1)39-23-7-9-26-43(39)55-59-56(44-27-10-8-24-40(44)38-21-5-2-6-22-38)61-57(60-55)62-50-32-16-12-25-41(50)42-35-36-49-53(54(42)62)45-28-11-13-29-46(45)58(49)47-30-14-17-33-51(47)63-52-34-18-15-31-48(52)58/h1-36H. The molecule has 0 amide bonds. The summed E-state index contributed by atoms with van der Waals surface area (Å²) in [4.78, 5) is 16.5. The molecule has 9 aromatic carbocycles. The lowest BCUT2D eigenvalue weighted by Gasteiger charge is -2.39. The molecule has 0 saturated heterocycles. The van der Waals surface area contributed by atoms with Crippen molar-refractivity contribution < 1.29 is 4.74 Å². The van der Waals surface area contributed by atoms with Gasteiger partial charge in [-0.1, -0.05) is 200 Å². The van der Waals surface area contributed by atoms with E-state index in [1.54, 1.807) is 0 Å². The first-order valence-electron chi connectivity index (χ1n) is 21.4. The summed E-state index contributed by atoms with van der Waals surface area (Å²) in [5.41, 5.74) is 14.6. The van der Waals surface area contributed by atoms with E-state index in [2.05, 4.69) is 211 Å². The third kappa shape index (κ3) is 5.14. The van der Waals surface area contributed by atoms with E-state index in [1.807, 2.05) is 12.1 Å². The fourth-order valence-corrected chi connectivity index (χ4v) is 10.4. The second kappa shape index (κ2) is 13.8. The first-order chi connectivity index (χ1) is 31.3. The normalized spacial score (nSPS) is 13.0. The molecule has 0 unspecified atom stereocenters. The highest BCUT2D eigenvalue weighted by atomic mass is 16.5. The predicted molar refractivity (Wildman–Crippen MR) is 253 cm³/mol. The van der Waals surface area contributed by atoms with E-state index in [0.717, 1.165) is 83.4 Å². The number of nitrogens with zero attached hydrogens (tertiary/aromatic N) is 4. The van der Waals surface area contributed by atoms with E-state index in [9.17, 15) is 0 Å². The minimum Gasteiger partial charge on any atom is -0.457 e. The fraction of sp³-hybridized carbons (Fsp3) is 0.0172. The van der Waals surface area contributed by atoms with E-state index in [1.165, 1.54) is 16.7 Å². The minimum absolute atomic E-state index is 0.548. The van der Waals surface area contributed by atoms with Gasteiger partial charge in [-0.05, 0) is 57.1 Å². The Morgan fingerprint density at radius 1 is 0.349 bits per heavy atom. The van der Waals surface area contributed by atoms with Gasteiger partial charge in [-0.15, -0.1) is 0 Å². The van der Waals surface area contributed by atoms with Gasteiger partial charge in [-0.3, -0.25) is 4.57 Å². The third-order valence-corrected chi connectivity index (χ3v) is 13.0. The van der Waals surface area contributed by atoms with Crippen LogP contribution in [0.4, 0.5) is 0 Å². The lowest BCUT2D eigenvalue weighted by atomic mass is 9.66. The maximum Gasteiger partial charge on any atom is 0.238 e. The molecule has 63 heavy (non-hydrogen) atoms. The monoisotopic (exact) mass is 804 g/mol. The van der Waals surface area contributed by atoms with Crippen LogP contribution in [0.2, 0.25) is 0 Å². The van der Waals surface area contributed by atoms with Crippen LogP contribution in [0.3, 0.4) is 0 Å². The van der Waals surface area contributed by atoms with Crippen molar-refractivity contribution in [2.75, 3.05) is 0 Å². The first kappa shape index (κ1) is 35.4. The Bertz CT molecular complexity index is 3460. The average Bonchev–Trinajstić information content (AvgIpc) is 3.85. The minimum atomic E-state index is -0.633. The quantitative estimate of drug-likeness (QED) is 0.174. The Morgan fingerprint density at radius 3 is 1.43 bits per heavy atom. The van der Waals surface area contributed by atoms with Crippen LogP contribution >= 0.6 is 0 Å². The number of fused-ring (bicyclic) bond motifs is 13. The predicted octanol–water partition coefficient (Wildman–Crippen LogP) is 14.1. The van der Waals surface area contributed by atoms with Crippen LogP contribution in [0.5, 0.6) is 11.5 Å². The van der Waals surface area contributed by atoms with Crippen LogP contribution < -0.4 is 4.74 Å². The molecule has 13 rings (SSSR count). The van der Waals surface area contributed by atoms with Gasteiger partial charge < -0.3 is 4.74 Å². The summed E-state index contributed by atoms with van der Waals surface area (Å²) in [6.45, 7) is 0. The molecule has 0 N–H and O–H groups in total. The topological polar surface area (TPSA) is 52.8 Å². The van der Waals surface area contributed by atoms with E-state index in [-0.39, 0.29) is 0 Å². The Morgan fingerprint density at radius 2 is 0.825 bits per heavy atom. The Hall–Kier alpha value is -8.41. The first-order valence-corrected chi connectivity index (χ1v) is 21.4. The number of aromatic nitrogens is 4.